The molecule has 3 aromatic rings. The molecule has 1 fully saturated rings. The van der Waals surface area contributed by atoms with Crippen LogP contribution < -0.4 is 10.0 Å². The quantitative estimate of drug-likeness (QED) is 0.509. The maximum Gasteiger partial charge on any atom is 0.255 e. The first-order valence-electron chi connectivity index (χ1n) is 11.7. The number of benzene rings is 3. The topological polar surface area (TPSA) is 95.6 Å². The fourth-order valence-corrected chi connectivity index (χ4v) is 5.86. The number of likely N-dealkylation sites (tertiary alicyclic amines) is 1. The normalized spacial score (nSPS) is 14.7. The van der Waals surface area contributed by atoms with Crippen molar-refractivity contribution >= 4 is 38.3 Å². The van der Waals surface area contributed by atoms with E-state index in [4.69, 9.17) is 0 Å². The van der Waals surface area contributed by atoms with E-state index in [0.717, 1.165) is 12.5 Å². The van der Waals surface area contributed by atoms with Gasteiger partial charge in [-0.15, -0.1) is 0 Å². The van der Waals surface area contributed by atoms with Crippen molar-refractivity contribution in [3.63, 3.8) is 0 Å². The van der Waals surface area contributed by atoms with Crippen LogP contribution in [0.2, 0.25) is 0 Å². The van der Waals surface area contributed by atoms with E-state index < -0.39 is 21.7 Å². The van der Waals surface area contributed by atoms with Gasteiger partial charge in [-0.25, -0.2) is 17.5 Å². The third-order valence-corrected chi connectivity index (χ3v) is 7.72. The number of rotatable bonds is 7. The lowest BCUT2D eigenvalue weighted by Crippen LogP contribution is -2.46. The van der Waals surface area contributed by atoms with Crippen LogP contribution in [-0.4, -0.2) is 44.3 Å². The summed E-state index contributed by atoms with van der Waals surface area (Å²) in [5.74, 6) is -0.904. The van der Waals surface area contributed by atoms with Crippen LogP contribution in [0.4, 0.5) is 10.1 Å². The van der Waals surface area contributed by atoms with E-state index in [1.807, 2.05) is 6.92 Å². The molecule has 0 aromatic heterocycles. The molecule has 2 N–H and O–H groups in total. The number of halogens is 1. The molecule has 184 valence electrons. The lowest BCUT2D eigenvalue weighted by Gasteiger charge is -2.32. The molecular formula is C26H28FN3O4S. The highest BCUT2D eigenvalue weighted by atomic mass is 32.2. The van der Waals surface area contributed by atoms with E-state index in [2.05, 4.69) is 10.0 Å². The number of nitrogens with one attached hydrogen (secondary N) is 2. The number of anilines is 1. The van der Waals surface area contributed by atoms with Crippen molar-refractivity contribution in [2.24, 2.45) is 0 Å². The Labute approximate surface area is 204 Å². The molecule has 3 aromatic carbocycles. The molecule has 0 aliphatic carbocycles. The van der Waals surface area contributed by atoms with E-state index in [-0.39, 0.29) is 22.4 Å². The number of sulfonamides is 1. The summed E-state index contributed by atoms with van der Waals surface area (Å²) in [5, 5.41) is 3.78. The number of carbonyl (C=O) groups is 2. The van der Waals surface area contributed by atoms with E-state index in [0.29, 0.717) is 48.8 Å². The smallest absolute Gasteiger partial charge is 0.255 e. The Morgan fingerprint density at radius 3 is 2.40 bits per heavy atom. The lowest BCUT2D eigenvalue weighted by atomic mass is 10.1. The number of hydrogen-bond acceptors (Lipinski definition) is 4. The number of carbonyl (C=O) groups excluding carboxylic acids is 2. The molecule has 1 aliphatic heterocycles. The average molecular weight is 498 g/mol. The molecule has 7 nitrogen and oxygen atoms in total. The molecule has 0 saturated carbocycles. The summed E-state index contributed by atoms with van der Waals surface area (Å²) < 4.78 is 42.9. The Hall–Kier alpha value is -3.30. The van der Waals surface area contributed by atoms with Crippen molar-refractivity contribution in [3.05, 3.63) is 72.0 Å². The molecule has 9 heteroatoms. The van der Waals surface area contributed by atoms with Gasteiger partial charge in [-0.2, -0.15) is 0 Å². The zero-order chi connectivity index (χ0) is 25.0. The zero-order valence-corrected chi connectivity index (χ0v) is 20.3. The van der Waals surface area contributed by atoms with Gasteiger partial charge in [-0.05, 0) is 49.6 Å². The number of amides is 2. The zero-order valence-electron chi connectivity index (χ0n) is 19.5. The number of nitrogens with zero attached hydrogens (tertiary/aromatic N) is 1. The second kappa shape index (κ2) is 10.5. The highest BCUT2D eigenvalue weighted by Gasteiger charge is 2.27. The Morgan fingerprint density at radius 1 is 1.00 bits per heavy atom. The standard InChI is InChI=1S/C26H28FN3O4S/c1-2-6-25(31)30-15-13-20(14-16-30)29-35(33,34)24-12-11-23(21-9-3-4-10-22(21)24)28-26(32)18-7-5-8-19(27)17-18/h3-5,7-12,17,20,29H,2,6,13-16H2,1H3,(H,28,32). The van der Waals surface area contributed by atoms with Crippen molar-refractivity contribution in [3.8, 4) is 0 Å². The Morgan fingerprint density at radius 2 is 1.71 bits per heavy atom. The van der Waals surface area contributed by atoms with Gasteiger partial charge in [-0.1, -0.05) is 37.3 Å². The maximum absolute atomic E-state index is 13.5. The Bertz CT molecular complexity index is 1350. The second-order valence-corrected chi connectivity index (χ2v) is 10.3. The van der Waals surface area contributed by atoms with Gasteiger partial charge in [-0.3, -0.25) is 9.59 Å². The largest absolute Gasteiger partial charge is 0.343 e. The van der Waals surface area contributed by atoms with E-state index in [9.17, 15) is 22.4 Å². The second-order valence-electron chi connectivity index (χ2n) is 8.65. The summed E-state index contributed by atoms with van der Waals surface area (Å²) in [6.45, 7) is 3.01. The highest BCUT2D eigenvalue weighted by molar-refractivity contribution is 7.89. The summed E-state index contributed by atoms with van der Waals surface area (Å²) in [6, 6.07) is 15.0. The lowest BCUT2D eigenvalue weighted by molar-refractivity contribution is -0.132. The Balaban J connectivity index is 1.54. The number of piperidine rings is 1. The molecule has 0 unspecified atom stereocenters. The van der Waals surface area contributed by atoms with Crippen LogP contribution in [0.5, 0.6) is 0 Å². The fourth-order valence-electron chi connectivity index (χ4n) is 4.34. The first kappa shape index (κ1) is 24.8. The van der Waals surface area contributed by atoms with Crippen LogP contribution in [0.3, 0.4) is 0 Å². The SMILES string of the molecule is CCCC(=O)N1CCC(NS(=O)(=O)c2ccc(NC(=O)c3cccc(F)c3)c3ccccc23)CC1. The average Bonchev–Trinajstić information content (AvgIpc) is 2.84. The third-order valence-electron chi connectivity index (χ3n) is 6.14. The maximum atomic E-state index is 13.5. The summed E-state index contributed by atoms with van der Waals surface area (Å²) in [6.07, 6.45) is 2.39. The first-order chi connectivity index (χ1) is 16.8. The molecule has 0 bridgehead atoms. The minimum atomic E-state index is -3.85. The van der Waals surface area contributed by atoms with Gasteiger partial charge in [0.05, 0.1) is 4.90 Å². The monoisotopic (exact) mass is 497 g/mol. The molecule has 0 atom stereocenters. The summed E-state index contributed by atoms with van der Waals surface area (Å²) in [5.41, 5.74) is 0.591. The molecule has 0 radical (unpaired) electrons. The van der Waals surface area contributed by atoms with Crippen molar-refractivity contribution in [1.82, 2.24) is 9.62 Å². The van der Waals surface area contributed by atoms with Crippen molar-refractivity contribution < 1.29 is 22.4 Å². The van der Waals surface area contributed by atoms with Crippen LogP contribution >= 0.6 is 0 Å². The van der Waals surface area contributed by atoms with Crippen LogP contribution in [0, 0.1) is 5.82 Å². The van der Waals surface area contributed by atoms with Gasteiger partial charge in [0.25, 0.3) is 5.91 Å². The predicted octanol–water partition coefficient (Wildman–Crippen LogP) is 4.30. The van der Waals surface area contributed by atoms with Gasteiger partial charge in [0, 0.05) is 47.6 Å². The van der Waals surface area contributed by atoms with E-state index in [1.165, 1.54) is 24.3 Å². The van der Waals surface area contributed by atoms with Crippen LogP contribution in [0.1, 0.15) is 43.0 Å². The summed E-state index contributed by atoms with van der Waals surface area (Å²) in [4.78, 5) is 26.6. The van der Waals surface area contributed by atoms with Crippen LogP contribution in [0.15, 0.2) is 65.6 Å². The van der Waals surface area contributed by atoms with Crippen molar-refractivity contribution in [2.45, 2.75) is 43.5 Å². The molecule has 4 rings (SSSR count). The molecule has 1 aliphatic rings. The molecular weight excluding hydrogens is 469 g/mol. The predicted molar refractivity (Wildman–Crippen MR) is 133 cm³/mol. The molecule has 1 heterocycles. The first-order valence-corrected chi connectivity index (χ1v) is 13.2. The number of fused-ring (bicyclic) bond motifs is 1. The minimum absolute atomic E-state index is 0.107. The van der Waals surface area contributed by atoms with Crippen LogP contribution in [-0.2, 0) is 14.8 Å². The van der Waals surface area contributed by atoms with Gasteiger partial charge in [0.15, 0.2) is 0 Å². The molecule has 2 amide bonds. The van der Waals surface area contributed by atoms with E-state index in [1.54, 1.807) is 35.2 Å². The number of hydrogen-bond donors (Lipinski definition) is 2. The summed E-state index contributed by atoms with van der Waals surface area (Å²) in [7, 11) is -3.85. The molecule has 0 spiro atoms. The van der Waals surface area contributed by atoms with Gasteiger partial charge in [0.2, 0.25) is 15.9 Å². The van der Waals surface area contributed by atoms with Crippen molar-refractivity contribution in [2.75, 3.05) is 18.4 Å². The van der Waals surface area contributed by atoms with Crippen LogP contribution in [0.25, 0.3) is 10.8 Å². The van der Waals surface area contributed by atoms with E-state index >= 15 is 0 Å². The molecule has 1 saturated heterocycles. The Kier molecular flexibility index (Phi) is 7.47. The summed E-state index contributed by atoms with van der Waals surface area (Å²) >= 11 is 0. The minimum Gasteiger partial charge on any atom is -0.343 e. The van der Waals surface area contributed by atoms with Gasteiger partial charge >= 0.3 is 0 Å². The fraction of sp³-hybridized carbons (Fsp3) is 0.308. The van der Waals surface area contributed by atoms with Gasteiger partial charge in [0.1, 0.15) is 5.82 Å². The third kappa shape index (κ3) is 5.68. The van der Waals surface area contributed by atoms with Crippen molar-refractivity contribution in [1.29, 1.82) is 0 Å². The molecule has 35 heavy (non-hydrogen) atoms. The van der Waals surface area contributed by atoms with Gasteiger partial charge < -0.3 is 10.2 Å². The highest BCUT2D eigenvalue weighted by Crippen LogP contribution is 2.30.